The van der Waals surface area contributed by atoms with Gasteiger partial charge in [-0.15, -0.1) is 0 Å². The van der Waals surface area contributed by atoms with Crippen LogP contribution in [0.25, 0.3) is 0 Å². The number of hydrogen-bond acceptors (Lipinski definition) is 4. The van der Waals surface area contributed by atoms with E-state index in [1.807, 2.05) is 11.8 Å². The van der Waals surface area contributed by atoms with E-state index in [9.17, 15) is 0 Å². The lowest BCUT2D eigenvalue weighted by molar-refractivity contribution is 0.163. The molecule has 1 unspecified atom stereocenters. The summed E-state index contributed by atoms with van der Waals surface area (Å²) in [6.45, 7) is 2.61. The van der Waals surface area contributed by atoms with Gasteiger partial charge in [0.2, 0.25) is 0 Å². The molecule has 0 saturated carbocycles. The molecule has 0 aliphatic carbocycles. The molecule has 0 amide bonds. The Balaban J connectivity index is 3.41. The summed E-state index contributed by atoms with van der Waals surface area (Å²) in [6, 6.07) is 0.473. The van der Waals surface area contributed by atoms with Crippen LogP contribution < -0.4 is 11.1 Å². The summed E-state index contributed by atoms with van der Waals surface area (Å²) < 4.78 is 5.12. The van der Waals surface area contributed by atoms with Gasteiger partial charge in [0.15, 0.2) is 0 Å². The lowest BCUT2D eigenvalue weighted by Gasteiger charge is -2.16. The Hall–Kier alpha value is 0.230. The molecule has 0 spiro atoms. The number of nitrogens with one attached hydrogen (secondary N) is 1. The molecule has 13 heavy (non-hydrogen) atoms. The van der Waals surface area contributed by atoms with Crippen LogP contribution in [0.4, 0.5) is 0 Å². The van der Waals surface area contributed by atoms with Crippen molar-refractivity contribution in [2.45, 2.75) is 18.9 Å². The largest absolute Gasteiger partial charge is 0.383 e. The van der Waals surface area contributed by atoms with Crippen molar-refractivity contribution in [1.82, 2.24) is 5.32 Å². The summed E-state index contributed by atoms with van der Waals surface area (Å²) >= 11 is 1.86. The van der Waals surface area contributed by atoms with Gasteiger partial charge in [-0.25, -0.2) is 0 Å². The van der Waals surface area contributed by atoms with Crippen LogP contribution in [-0.4, -0.2) is 44.9 Å². The number of methoxy groups -OCH3 is 1. The van der Waals surface area contributed by atoms with Crippen LogP contribution in [0.5, 0.6) is 0 Å². The number of ether oxygens (including phenoxy) is 1. The monoisotopic (exact) mass is 206 g/mol. The zero-order valence-electron chi connectivity index (χ0n) is 8.71. The smallest absolute Gasteiger partial charge is 0.0615 e. The van der Waals surface area contributed by atoms with Crippen molar-refractivity contribution < 1.29 is 4.74 Å². The highest BCUT2D eigenvalue weighted by atomic mass is 32.2. The highest BCUT2D eigenvalue weighted by Gasteiger charge is 2.05. The fourth-order valence-corrected chi connectivity index (χ4v) is 1.50. The van der Waals surface area contributed by atoms with E-state index in [1.165, 1.54) is 0 Å². The molecule has 3 nitrogen and oxygen atoms in total. The number of nitrogens with two attached hydrogens (primary N) is 1. The third-order valence-corrected chi connectivity index (χ3v) is 2.48. The normalized spacial score (nSPS) is 13.2. The molecule has 0 saturated heterocycles. The molecule has 3 N–H and O–H groups in total. The molecular formula is C9H22N2OS. The molecule has 0 aromatic rings. The number of rotatable bonds is 9. The Morgan fingerprint density at radius 3 is 2.85 bits per heavy atom. The lowest BCUT2D eigenvalue weighted by atomic mass is 10.1. The van der Waals surface area contributed by atoms with Gasteiger partial charge in [-0.2, -0.15) is 11.8 Å². The summed E-state index contributed by atoms with van der Waals surface area (Å²) in [6.07, 6.45) is 4.30. The highest BCUT2D eigenvalue weighted by molar-refractivity contribution is 7.98. The Morgan fingerprint density at radius 2 is 2.31 bits per heavy atom. The SMILES string of the molecule is COCC(CCCN)NCCSC. The van der Waals surface area contributed by atoms with Crippen LogP contribution in [0, 0.1) is 0 Å². The first-order valence-corrected chi connectivity index (χ1v) is 6.15. The van der Waals surface area contributed by atoms with Crippen molar-refractivity contribution >= 4 is 11.8 Å². The van der Waals surface area contributed by atoms with Gasteiger partial charge in [0, 0.05) is 25.4 Å². The quantitative estimate of drug-likeness (QED) is 0.545. The first-order chi connectivity index (χ1) is 6.35. The van der Waals surface area contributed by atoms with Gasteiger partial charge in [-0.3, -0.25) is 0 Å². The molecule has 0 aromatic carbocycles. The highest BCUT2D eigenvalue weighted by Crippen LogP contribution is 1.97. The molecule has 0 aliphatic heterocycles. The van der Waals surface area contributed by atoms with Gasteiger partial charge >= 0.3 is 0 Å². The minimum atomic E-state index is 0.473. The van der Waals surface area contributed by atoms with Crippen molar-refractivity contribution in [2.24, 2.45) is 5.73 Å². The molecule has 80 valence electrons. The van der Waals surface area contributed by atoms with Crippen molar-refractivity contribution in [3.8, 4) is 0 Å². The van der Waals surface area contributed by atoms with Gasteiger partial charge in [-0.1, -0.05) is 0 Å². The summed E-state index contributed by atoms with van der Waals surface area (Å²) in [5.41, 5.74) is 5.46. The van der Waals surface area contributed by atoms with E-state index in [-0.39, 0.29) is 0 Å². The molecule has 1 atom stereocenters. The molecule has 0 rings (SSSR count). The maximum atomic E-state index is 5.46. The Labute approximate surface area is 85.8 Å². The molecule has 4 heteroatoms. The Kier molecular flexibility index (Phi) is 10.5. The van der Waals surface area contributed by atoms with Crippen molar-refractivity contribution in [1.29, 1.82) is 0 Å². The fraction of sp³-hybridized carbons (Fsp3) is 1.00. The number of thioether (sulfide) groups is 1. The maximum Gasteiger partial charge on any atom is 0.0615 e. The van der Waals surface area contributed by atoms with Crippen LogP contribution >= 0.6 is 11.8 Å². The van der Waals surface area contributed by atoms with Crippen LogP contribution in [0.1, 0.15) is 12.8 Å². The van der Waals surface area contributed by atoms with E-state index >= 15 is 0 Å². The molecular weight excluding hydrogens is 184 g/mol. The molecule has 0 aliphatic rings. The number of hydrogen-bond donors (Lipinski definition) is 2. The Morgan fingerprint density at radius 1 is 1.54 bits per heavy atom. The van der Waals surface area contributed by atoms with E-state index in [1.54, 1.807) is 7.11 Å². The first kappa shape index (κ1) is 13.2. The van der Waals surface area contributed by atoms with Crippen molar-refractivity contribution in [3.05, 3.63) is 0 Å². The summed E-state index contributed by atoms with van der Waals surface area (Å²) in [5, 5.41) is 3.46. The Bertz CT molecular complexity index is 104. The van der Waals surface area contributed by atoms with Crippen LogP contribution in [-0.2, 0) is 4.74 Å². The van der Waals surface area contributed by atoms with E-state index in [0.29, 0.717) is 6.04 Å². The van der Waals surface area contributed by atoms with Crippen molar-refractivity contribution in [2.75, 3.05) is 38.8 Å². The van der Waals surface area contributed by atoms with Crippen molar-refractivity contribution in [3.63, 3.8) is 0 Å². The van der Waals surface area contributed by atoms with Gasteiger partial charge < -0.3 is 15.8 Å². The van der Waals surface area contributed by atoms with E-state index < -0.39 is 0 Å². The summed E-state index contributed by atoms with van der Waals surface area (Å²) in [7, 11) is 1.74. The lowest BCUT2D eigenvalue weighted by Crippen LogP contribution is -2.35. The zero-order chi connectivity index (χ0) is 9.94. The minimum absolute atomic E-state index is 0.473. The summed E-state index contributed by atoms with van der Waals surface area (Å²) in [4.78, 5) is 0. The maximum absolute atomic E-state index is 5.46. The molecule has 0 heterocycles. The third kappa shape index (κ3) is 8.56. The minimum Gasteiger partial charge on any atom is -0.383 e. The van der Waals surface area contributed by atoms with E-state index in [0.717, 1.165) is 38.3 Å². The summed E-state index contributed by atoms with van der Waals surface area (Å²) in [5.74, 6) is 1.16. The molecule has 0 aromatic heterocycles. The predicted molar refractivity (Wildman–Crippen MR) is 60.3 cm³/mol. The van der Waals surface area contributed by atoms with Crippen LogP contribution in [0.3, 0.4) is 0 Å². The van der Waals surface area contributed by atoms with Gasteiger partial charge in [-0.05, 0) is 25.6 Å². The van der Waals surface area contributed by atoms with Gasteiger partial charge in [0.1, 0.15) is 0 Å². The molecule has 0 fully saturated rings. The molecule has 0 radical (unpaired) electrons. The van der Waals surface area contributed by atoms with Crippen LogP contribution in [0.2, 0.25) is 0 Å². The van der Waals surface area contributed by atoms with E-state index in [4.69, 9.17) is 10.5 Å². The molecule has 0 bridgehead atoms. The standard InChI is InChI=1S/C9H22N2OS/c1-12-8-9(4-3-5-10)11-6-7-13-2/h9,11H,3-8,10H2,1-2H3. The van der Waals surface area contributed by atoms with Crippen LogP contribution in [0.15, 0.2) is 0 Å². The average molecular weight is 206 g/mol. The van der Waals surface area contributed by atoms with E-state index in [2.05, 4.69) is 11.6 Å². The predicted octanol–water partition coefficient (Wildman–Crippen LogP) is 0.693. The third-order valence-electron chi connectivity index (χ3n) is 1.86. The fourth-order valence-electron chi connectivity index (χ4n) is 1.17. The second kappa shape index (κ2) is 10.3. The topological polar surface area (TPSA) is 47.3 Å². The first-order valence-electron chi connectivity index (χ1n) is 4.76. The zero-order valence-corrected chi connectivity index (χ0v) is 9.53. The van der Waals surface area contributed by atoms with Gasteiger partial charge in [0.25, 0.3) is 0 Å². The second-order valence-electron chi connectivity index (χ2n) is 3.03. The van der Waals surface area contributed by atoms with Gasteiger partial charge in [0.05, 0.1) is 6.61 Å². The second-order valence-corrected chi connectivity index (χ2v) is 4.02. The average Bonchev–Trinajstić information content (AvgIpc) is 2.14.